The second-order valence-corrected chi connectivity index (χ2v) is 6.87. The Morgan fingerprint density at radius 3 is 2.35 bits per heavy atom. The molecule has 26 heavy (non-hydrogen) atoms. The highest BCUT2D eigenvalue weighted by Crippen LogP contribution is 2.34. The van der Waals surface area contributed by atoms with E-state index in [9.17, 15) is 15.0 Å². The second-order valence-electron chi connectivity index (χ2n) is 6.87. The van der Waals surface area contributed by atoms with Crippen LogP contribution in [0.3, 0.4) is 0 Å². The first-order valence-corrected chi connectivity index (χ1v) is 8.60. The number of carbonyl (C=O) groups is 1. The van der Waals surface area contributed by atoms with Gasteiger partial charge in [0.2, 0.25) is 0 Å². The van der Waals surface area contributed by atoms with Gasteiger partial charge in [0.25, 0.3) is 0 Å². The standard InChI is InChI=1S/C21H23NO4/c1-21(13-12-15-8-10-17(23)11-9-15)14-18(24)19(20(25)26-21)22(2)16-6-4-3-5-7-16/h3-11,23-24H,12-14H2,1-2H3. The monoisotopic (exact) mass is 353 g/mol. The topological polar surface area (TPSA) is 70.0 Å². The third-order valence-corrected chi connectivity index (χ3v) is 4.70. The molecule has 2 aromatic rings. The smallest absolute Gasteiger partial charge is 0.359 e. The van der Waals surface area contributed by atoms with Crippen molar-refractivity contribution < 1.29 is 19.7 Å². The van der Waals surface area contributed by atoms with E-state index in [0.717, 1.165) is 11.3 Å². The minimum absolute atomic E-state index is 0.0424. The molecular weight excluding hydrogens is 330 g/mol. The molecule has 0 amide bonds. The number of likely N-dealkylation sites (N-methyl/N-ethyl adjacent to an activating group) is 1. The number of hydrogen-bond donors (Lipinski definition) is 2. The van der Waals surface area contributed by atoms with E-state index in [1.807, 2.05) is 49.4 Å². The normalized spacial score (nSPS) is 20.0. The molecule has 1 atom stereocenters. The maximum Gasteiger partial charge on any atom is 0.359 e. The third-order valence-electron chi connectivity index (χ3n) is 4.70. The van der Waals surface area contributed by atoms with Crippen LogP contribution in [-0.2, 0) is 16.0 Å². The summed E-state index contributed by atoms with van der Waals surface area (Å²) in [7, 11) is 1.74. The lowest BCUT2D eigenvalue weighted by Crippen LogP contribution is -2.41. The van der Waals surface area contributed by atoms with Gasteiger partial charge in [0, 0.05) is 19.2 Å². The van der Waals surface area contributed by atoms with Gasteiger partial charge in [0.15, 0.2) is 5.70 Å². The summed E-state index contributed by atoms with van der Waals surface area (Å²) in [6, 6.07) is 16.3. The van der Waals surface area contributed by atoms with Gasteiger partial charge in [-0.15, -0.1) is 0 Å². The molecule has 0 radical (unpaired) electrons. The van der Waals surface area contributed by atoms with Gasteiger partial charge in [0.05, 0.1) is 0 Å². The average molecular weight is 353 g/mol. The van der Waals surface area contributed by atoms with Gasteiger partial charge < -0.3 is 19.8 Å². The van der Waals surface area contributed by atoms with Crippen molar-refractivity contribution in [3.63, 3.8) is 0 Å². The Balaban J connectivity index is 1.74. The summed E-state index contributed by atoms with van der Waals surface area (Å²) < 4.78 is 5.70. The Labute approximate surface area is 153 Å². The number of para-hydroxylation sites is 1. The van der Waals surface area contributed by atoms with Crippen LogP contribution in [0, 0.1) is 0 Å². The first-order chi connectivity index (χ1) is 12.4. The highest BCUT2D eigenvalue weighted by molar-refractivity contribution is 5.94. The van der Waals surface area contributed by atoms with Crippen LogP contribution in [-0.4, -0.2) is 28.8 Å². The van der Waals surface area contributed by atoms with Crippen molar-refractivity contribution >= 4 is 11.7 Å². The van der Waals surface area contributed by atoms with E-state index < -0.39 is 11.6 Å². The minimum atomic E-state index is -0.764. The number of benzene rings is 2. The van der Waals surface area contributed by atoms with Crippen LogP contribution in [0.5, 0.6) is 5.75 Å². The van der Waals surface area contributed by atoms with Crippen LogP contribution in [0.1, 0.15) is 25.3 Å². The predicted octanol–water partition coefficient (Wildman–Crippen LogP) is 3.94. The Morgan fingerprint density at radius 2 is 1.73 bits per heavy atom. The summed E-state index contributed by atoms with van der Waals surface area (Å²) in [5.74, 6) is -0.257. The SMILES string of the molecule is CN(C1=C(O)CC(C)(CCc2ccc(O)cc2)OC1=O)c1ccccc1. The van der Waals surface area contributed by atoms with Crippen LogP contribution in [0.2, 0.25) is 0 Å². The van der Waals surface area contributed by atoms with Crippen molar-refractivity contribution in [2.45, 2.75) is 31.8 Å². The lowest BCUT2D eigenvalue weighted by molar-refractivity contribution is -0.157. The molecule has 5 nitrogen and oxygen atoms in total. The van der Waals surface area contributed by atoms with Crippen molar-refractivity contribution in [2.24, 2.45) is 0 Å². The van der Waals surface area contributed by atoms with Gasteiger partial charge in [0.1, 0.15) is 17.1 Å². The van der Waals surface area contributed by atoms with Crippen molar-refractivity contribution in [3.05, 3.63) is 71.6 Å². The van der Waals surface area contributed by atoms with Gasteiger partial charge >= 0.3 is 5.97 Å². The molecule has 5 heteroatoms. The minimum Gasteiger partial charge on any atom is -0.510 e. The number of phenols is 1. The van der Waals surface area contributed by atoms with E-state index in [-0.39, 0.29) is 23.6 Å². The molecule has 2 aromatic carbocycles. The van der Waals surface area contributed by atoms with Gasteiger partial charge in [-0.25, -0.2) is 4.79 Å². The molecule has 1 unspecified atom stereocenters. The van der Waals surface area contributed by atoms with Crippen molar-refractivity contribution in [2.75, 3.05) is 11.9 Å². The number of esters is 1. The Kier molecular flexibility index (Phi) is 4.89. The number of aryl methyl sites for hydroxylation is 1. The molecule has 0 spiro atoms. The fraction of sp³-hybridized carbons (Fsp3) is 0.286. The average Bonchev–Trinajstić information content (AvgIpc) is 2.61. The van der Waals surface area contributed by atoms with Crippen LogP contribution in [0.25, 0.3) is 0 Å². The third kappa shape index (κ3) is 3.82. The van der Waals surface area contributed by atoms with E-state index in [0.29, 0.717) is 12.8 Å². The van der Waals surface area contributed by atoms with E-state index in [4.69, 9.17) is 4.74 Å². The summed E-state index contributed by atoms with van der Waals surface area (Å²) in [4.78, 5) is 14.2. The number of hydrogen-bond acceptors (Lipinski definition) is 5. The number of carbonyl (C=O) groups excluding carboxylic acids is 1. The molecule has 3 rings (SSSR count). The zero-order valence-corrected chi connectivity index (χ0v) is 15.0. The molecule has 0 bridgehead atoms. The van der Waals surface area contributed by atoms with Gasteiger partial charge in [-0.3, -0.25) is 0 Å². The largest absolute Gasteiger partial charge is 0.510 e. The van der Waals surface area contributed by atoms with Crippen LogP contribution in [0.15, 0.2) is 66.1 Å². The lowest BCUT2D eigenvalue weighted by atomic mass is 9.90. The van der Waals surface area contributed by atoms with Crippen LogP contribution in [0.4, 0.5) is 5.69 Å². The molecule has 1 aliphatic rings. The maximum absolute atomic E-state index is 12.6. The molecule has 1 aliphatic heterocycles. The fourth-order valence-corrected chi connectivity index (χ4v) is 3.19. The summed E-state index contributed by atoms with van der Waals surface area (Å²) in [5, 5.41) is 19.9. The van der Waals surface area contributed by atoms with E-state index in [1.165, 1.54) is 0 Å². The number of anilines is 1. The van der Waals surface area contributed by atoms with Crippen LogP contribution >= 0.6 is 0 Å². The predicted molar refractivity (Wildman–Crippen MR) is 100 cm³/mol. The van der Waals surface area contributed by atoms with E-state index >= 15 is 0 Å². The number of aliphatic hydroxyl groups excluding tert-OH is 1. The summed E-state index contributed by atoms with van der Waals surface area (Å²) in [6.07, 6.45) is 1.53. The summed E-state index contributed by atoms with van der Waals surface area (Å²) >= 11 is 0. The zero-order valence-electron chi connectivity index (χ0n) is 15.0. The first kappa shape index (κ1) is 17.9. The maximum atomic E-state index is 12.6. The molecular formula is C21H23NO4. The van der Waals surface area contributed by atoms with Crippen molar-refractivity contribution in [1.82, 2.24) is 0 Å². The second kappa shape index (κ2) is 7.12. The zero-order chi connectivity index (χ0) is 18.7. The van der Waals surface area contributed by atoms with Gasteiger partial charge in [-0.2, -0.15) is 0 Å². The molecule has 1 heterocycles. The summed E-state index contributed by atoms with van der Waals surface area (Å²) in [6.45, 7) is 1.83. The molecule has 0 saturated heterocycles. The highest BCUT2D eigenvalue weighted by atomic mass is 16.6. The number of aliphatic hydroxyl groups is 1. The van der Waals surface area contributed by atoms with Crippen LogP contribution < -0.4 is 4.90 Å². The number of phenolic OH excluding ortho intramolecular Hbond substituents is 1. The lowest BCUT2D eigenvalue weighted by Gasteiger charge is -2.36. The Bertz CT molecular complexity index is 814. The first-order valence-electron chi connectivity index (χ1n) is 8.60. The van der Waals surface area contributed by atoms with E-state index in [1.54, 1.807) is 24.1 Å². The molecule has 136 valence electrons. The van der Waals surface area contributed by atoms with Crippen molar-refractivity contribution in [1.29, 1.82) is 0 Å². The Hall–Kier alpha value is -2.95. The molecule has 0 aromatic heterocycles. The number of nitrogens with zero attached hydrogens (tertiary/aromatic N) is 1. The molecule has 0 fully saturated rings. The Morgan fingerprint density at radius 1 is 1.08 bits per heavy atom. The molecule has 0 saturated carbocycles. The van der Waals surface area contributed by atoms with Gasteiger partial charge in [-0.05, 0) is 49.6 Å². The number of ether oxygens (including phenoxy) is 1. The molecule has 2 N–H and O–H groups in total. The molecule has 0 aliphatic carbocycles. The summed E-state index contributed by atoms with van der Waals surface area (Å²) in [5.41, 5.74) is 1.26. The fourth-order valence-electron chi connectivity index (χ4n) is 3.19. The van der Waals surface area contributed by atoms with Gasteiger partial charge in [-0.1, -0.05) is 30.3 Å². The number of rotatable bonds is 5. The van der Waals surface area contributed by atoms with Crippen molar-refractivity contribution in [3.8, 4) is 5.75 Å². The number of aromatic hydroxyl groups is 1. The number of cyclic esters (lactones) is 1. The highest BCUT2D eigenvalue weighted by Gasteiger charge is 2.39. The van der Waals surface area contributed by atoms with E-state index in [2.05, 4.69) is 0 Å². The quantitative estimate of drug-likeness (QED) is 0.797.